The van der Waals surface area contributed by atoms with Crippen LogP contribution in [0.3, 0.4) is 0 Å². The van der Waals surface area contributed by atoms with Crippen molar-refractivity contribution in [3.8, 4) is 5.88 Å². The lowest BCUT2D eigenvalue weighted by molar-refractivity contribution is 0.160. The quantitative estimate of drug-likeness (QED) is 0.883. The third kappa shape index (κ3) is 5.12. The Bertz CT molecular complexity index is 447. The van der Waals surface area contributed by atoms with E-state index in [4.69, 9.17) is 4.74 Å². The van der Waals surface area contributed by atoms with E-state index < -0.39 is 0 Å². The molecular formula is C17H30N2O. The Morgan fingerprint density at radius 2 is 1.80 bits per heavy atom. The summed E-state index contributed by atoms with van der Waals surface area (Å²) in [5.41, 5.74) is 3.49. The Morgan fingerprint density at radius 3 is 2.30 bits per heavy atom. The first-order valence-electron chi connectivity index (χ1n) is 7.49. The molecule has 0 aromatic carbocycles. The first kappa shape index (κ1) is 17.0. The summed E-state index contributed by atoms with van der Waals surface area (Å²) >= 11 is 0. The second kappa shape index (κ2) is 6.57. The number of nitrogens with zero attached hydrogens (tertiary/aromatic N) is 1. The van der Waals surface area contributed by atoms with Crippen LogP contribution < -0.4 is 10.1 Å². The molecule has 0 aliphatic carbocycles. The van der Waals surface area contributed by atoms with Crippen LogP contribution in [0, 0.1) is 19.8 Å². The summed E-state index contributed by atoms with van der Waals surface area (Å²) in [7, 11) is 0. The zero-order valence-corrected chi connectivity index (χ0v) is 14.3. The molecule has 1 rings (SSSR count). The smallest absolute Gasteiger partial charge is 0.218 e. The molecule has 20 heavy (non-hydrogen) atoms. The highest BCUT2D eigenvalue weighted by Crippen LogP contribution is 2.24. The van der Waals surface area contributed by atoms with Crippen molar-refractivity contribution in [2.75, 3.05) is 0 Å². The molecule has 0 aliphatic heterocycles. The van der Waals surface area contributed by atoms with Crippen LogP contribution in [0.1, 0.15) is 58.4 Å². The van der Waals surface area contributed by atoms with E-state index in [1.807, 2.05) is 6.92 Å². The number of aromatic nitrogens is 1. The molecule has 0 bridgehead atoms. The SMILES string of the molecule is Cc1cc(C)c(CNC(C)(C)C)c(OC(C)C(C)C)n1. The van der Waals surface area contributed by atoms with Crippen LogP contribution in [-0.2, 0) is 6.54 Å². The molecule has 0 radical (unpaired) electrons. The van der Waals surface area contributed by atoms with Gasteiger partial charge in [-0.3, -0.25) is 0 Å². The van der Waals surface area contributed by atoms with E-state index in [1.165, 1.54) is 5.56 Å². The Hall–Kier alpha value is -1.09. The zero-order valence-electron chi connectivity index (χ0n) is 14.3. The summed E-state index contributed by atoms with van der Waals surface area (Å²) in [6.07, 6.45) is 0.164. The van der Waals surface area contributed by atoms with Crippen LogP contribution in [0.5, 0.6) is 5.88 Å². The molecule has 0 spiro atoms. The number of hydrogen-bond donors (Lipinski definition) is 1. The zero-order chi connectivity index (χ0) is 15.5. The van der Waals surface area contributed by atoms with Gasteiger partial charge >= 0.3 is 0 Å². The lowest BCUT2D eigenvalue weighted by Gasteiger charge is -2.24. The number of hydrogen-bond acceptors (Lipinski definition) is 3. The molecule has 1 N–H and O–H groups in total. The van der Waals surface area contributed by atoms with Crippen molar-refractivity contribution in [3.05, 3.63) is 22.9 Å². The van der Waals surface area contributed by atoms with Crippen LogP contribution in [0.15, 0.2) is 6.07 Å². The average molecular weight is 278 g/mol. The minimum absolute atomic E-state index is 0.0816. The van der Waals surface area contributed by atoms with Crippen LogP contribution >= 0.6 is 0 Å². The van der Waals surface area contributed by atoms with Crippen molar-refractivity contribution in [2.24, 2.45) is 5.92 Å². The highest BCUT2D eigenvalue weighted by atomic mass is 16.5. The highest BCUT2D eigenvalue weighted by Gasteiger charge is 2.17. The van der Waals surface area contributed by atoms with Gasteiger partial charge in [-0.25, -0.2) is 4.98 Å². The summed E-state index contributed by atoms with van der Waals surface area (Å²) in [5.74, 6) is 1.25. The fourth-order valence-electron chi connectivity index (χ4n) is 1.81. The number of rotatable bonds is 5. The van der Waals surface area contributed by atoms with Gasteiger partial charge in [0, 0.05) is 23.3 Å². The molecule has 0 amide bonds. The molecule has 0 saturated heterocycles. The van der Waals surface area contributed by atoms with Crippen molar-refractivity contribution in [2.45, 2.75) is 73.6 Å². The number of aryl methyl sites for hydroxylation is 2. The lowest BCUT2D eigenvalue weighted by Crippen LogP contribution is -2.35. The molecular weight excluding hydrogens is 248 g/mol. The Kier molecular flexibility index (Phi) is 5.58. The van der Waals surface area contributed by atoms with Gasteiger partial charge in [-0.1, -0.05) is 13.8 Å². The van der Waals surface area contributed by atoms with Gasteiger partial charge in [0.2, 0.25) is 5.88 Å². The van der Waals surface area contributed by atoms with Gasteiger partial charge in [0.05, 0.1) is 6.10 Å². The Balaban J connectivity index is 3.01. The first-order chi connectivity index (χ1) is 9.10. The van der Waals surface area contributed by atoms with Crippen LogP contribution in [0.4, 0.5) is 0 Å². The van der Waals surface area contributed by atoms with E-state index in [-0.39, 0.29) is 11.6 Å². The van der Waals surface area contributed by atoms with E-state index in [0.29, 0.717) is 5.92 Å². The molecule has 1 unspecified atom stereocenters. The molecule has 1 aromatic heterocycles. The fourth-order valence-corrected chi connectivity index (χ4v) is 1.81. The standard InChI is InChI=1S/C17H30N2O/c1-11(2)14(5)20-16-15(10-18-17(6,7)8)12(3)9-13(4)19-16/h9,11,14,18H,10H2,1-8H3. The monoisotopic (exact) mass is 278 g/mol. The predicted molar refractivity (Wildman–Crippen MR) is 85.2 cm³/mol. The molecule has 1 aromatic rings. The van der Waals surface area contributed by atoms with Crippen molar-refractivity contribution >= 4 is 0 Å². The van der Waals surface area contributed by atoms with Crippen LogP contribution in [0.2, 0.25) is 0 Å². The molecule has 3 nitrogen and oxygen atoms in total. The molecule has 114 valence electrons. The van der Waals surface area contributed by atoms with E-state index in [0.717, 1.165) is 23.7 Å². The topological polar surface area (TPSA) is 34.1 Å². The molecule has 0 aliphatic rings. The number of ether oxygens (including phenoxy) is 1. The predicted octanol–water partition coefficient (Wildman–Crippen LogP) is 4.01. The molecule has 1 heterocycles. The van der Waals surface area contributed by atoms with Crippen LogP contribution in [-0.4, -0.2) is 16.6 Å². The summed E-state index contributed by atoms with van der Waals surface area (Å²) in [6, 6.07) is 2.12. The van der Waals surface area contributed by atoms with E-state index >= 15 is 0 Å². The summed E-state index contributed by atoms with van der Waals surface area (Å²) in [6.45, 7) is 17.9. The minimum atomic E-state index is 0.0816. The van der Waals surface area contributed by atoms with Gasteiger partial charge in [0.1, 0.15) is 0 Å². The Labute approximate surface area is 124 Å². The van der Waals surface area contributed by atoms with Crippen molar-refractivity contribution in [1.29, 1.82) is 0 Å². The molecule has 0 fully saturated rings. The summed E-state index contributed by atoms with van der Waals surface area (Å²) < 4.78 is 6.08. The van der Waals surface area contributed by atoms with Gasteiger partial charge in [-0.15, -0.1) is 0 Å². The largest absolute Gasteiger partial charge is 0.474 e. The average Bonchev–Trinajstić information content (AvgIpc) is 2.25. The van der Waals surface area contributed by atoms with E-state index in [9.17, 15) is 0 Å². The minimum Gasteiger partial charge on any atom is -0.474 e. The van der Waals surface area contributed by atoms with Crippen molar-refractivity contribution in [3.63, 3.8) is 0 Å². The van der Waals surface area contributed by atoms with Gasteiger partial charge in [0.15, 0.2) is 0 Å². The third-order valence-electron chi connectivity index (χ3n) is 3.47. The normalized spacial score (nSPS) is 13.7. The maximum atomic E-state index is 6.08. The molecule has 3 heteroatoms. The summed E-state index contributed by atoms with van der Waals surface area (Å²) in [5, 5.41) is 3.52. The maximum Gasteiger partial charge on any atom is 0.218 e. The van der Waals surface area contributed by atoms with Gasteiger partial charge in [0.25, 0.3) is 0 Å². The van der Waals surface area contributed by atoms with Gasteiger partial charge in [-0.2, -0.15) is 0 Å². The molecule has 0 saturated carbocycles. The van der Waals surface area contributed by atoms with Crippen molar-refractivity contribution < 1.29 is 4.74 Å². The van der Waals surface area contributed by atoms with E-state index in [2.05, 4.69) is 64.8 Å². The lowest BCUT2D eigenvalue weighted by atomic mass is 10.1. The highest BCUT2D eigenvalue weighted by molar-refractivity contribution is 5.36. The maximum absolute atomic E-state index is 6.08. The van der Waals surface area contributed by atoms with Crippen molar-refractivity contribution in [1.82, 2.24) is 10.3 Å². The second-order valence-electron chi connectivity index (χ2n) is 7.03. The second-order valence-corrected chi connectivity index (χ2v) is 7.03. The number of nitrogens with one attached hydrogen (secondary N) is 1. The van der Waals surface area contributed by atoms with E-state index in [1.54, 1.807) is 0 Å². The first-order valence-corrected chi connectivity index (χ1v) is 7.49. The Morgan fingerprint density at radius 1 is 1.20 bits per heavy atom. The summed E-state index contributed by atoms with van der Waals surface area (Å²) in [4.78, 5) is 4.59. The fraction of sp³-hybridized carbons (Fsp3) is 0.706. The van der Waals surface area contributed by atoms with Gasteiger partial charge < -0.3 is 10.1 Å². The van der Waals surface area contributed by atoms with Crippen LogP contribution in [0.25, 0.3) is 0 Å². The number of pyridine rings is 1. The van der Waals surface area contributed by atoms with Gasteiger partial charge in [-0.05, 0) is 59.1 Å². The molecule has 1 atom stereocenters. The third-order valence-corrected chi connectivity index (χ3v) is 3.47.